The number of carbonyl (C=O) groups excluding carboxylic acids is 2. The fourth-order valence-electron chi connectivity index (χ4n) is 3.84. The van der Waals surface area contributed by atoms with Gasteiger partial charge in [-0.05, 0) is 48.5 Å². The molecule has 0 spiro atoms. The zero-order valence-corrected chi connectivity index (χ0v) is 20.8. The topological polar surface area (TPSA) is 114 Å². The SMILES string of the molecule is O=C(OCCN1CCOCC1)c1ccc(N=NNc2ccc(C(=O)OCCN3CCOCC3)cc2)cc1. The number of rotatable bonds is 11. The Morgan fingerprint density at radius 2 is 1.19 bits per heavy atom. The highest BCUT2D eigenvalue weighted by molar-refractivity contribution is 5.90. The smallest absolute Gasteiger partial charge is 0.338 e. The summed E-state index contributed by atoms with van der Waals surface area (Å²) in [5, 5.41) is 8.08. The van der Waals surface area contributed by atoms with E-state index in [1.54, 1.807) is 48.5 Å². The van der Waals surface area contributed by atoms with Gasteiger partial charge in [0, 0.05) is 39.3 Å². The third-order valence-electron chi connectivity index (χ3n) is 6.06. The van der Waals surface area contributed by atoms with Crippen LogP contribution in [-0.2, 0) is 18.9 Å². The molecule has 0 saturated carbocycles. The van der Waals surface area contributed by atoms with Gasteiger partial charge in [-0.2, -0.15) is 0 Å². The van der Waals surface area contributed by atoms with Gasteiger partial charge in [-0.1, -0.05) is 5.22 Å². The van der Waals surface area contributed by atoms with Crippen molar-refractivity contribution in [2.75, 3.05) is 84.3 Å². The maximum absolute atomic E-state index is 12.2. The van der Waals surface area contributed by atoms with E-state index in [9.17, 15) is 9.59 Å². The predicted molar refractivity (Wildman–Crippen MR) is 136 cm³/mol. The molecule has 1 N–H and O–H groups in total. The van der Waals surface area contributed by atoms with Crippen LogP contribution < -0.4 is 5.43 Å². The summed E-state index contributed by atoms with van der Waals surface area (Å²) in [6.07, 6.45) is 0. The van der Waals surface area contributed by atoms with Crippen molar-refractivity contribution in [3.63, 3.8) is 0 Å². The number of benzene rings is 2. The minimum absolute atomic E-state index is 0.342. The number of morpholine rings is 2. The van der Waals surface area contributed by atoms with Crippen molar-refractivity contribution in [3.05, 3.63) is 59.7 Å². The number of esters is 2. The molecule has 2 aliphatic rings. The third kappa shape index (κ3) is 8.90. The van der Waals surface area contributed by atoms with Crippen molar-refractivity contribution >= 4 is 23.3 Å². The van der Waals surface area contributed by atoms with Gasteiger partial charge in [0.2, 0.25) is 0 Å². The Morgan fingerprint density at radius 1 is 0.730 bits per heavy atom. The van der Waals surface area contributed by atoms with Crippen LogP contribution in [0.25, 0.3) is 0 Å². The Hall–Kier alpha value is -3.38. The lowest BCUT2D eigenvalue weighted by Gasteiger charge is -2.26. The molecule has 2 fully saturated rings. The van der Waals surface area contributed by atoms with E-state index in [1.165, 1.54) is 0 Å². The lowest BCUT2D eigenvalue weighted by atomic mass is 10.2. The van der Waals surface area contributed by atoms with Crippen molar-refractivity contribution in [1.29, 1.82) is 0 Å². The van der Waals surface area contributed by atoms with Crippen LogP contribution in [0.4, 0.5) is 11.4 Å². The molecule has 4 rings (SSSR count). The van der Waals surface area contributed by atoms with Crippen molar-refractivity contribution < 1.29 is 28.5 Å². The quantitative estimate of drug-likeness (QED) is 0.276. The molecule has 0 radical (unpaired) electrons. The van der Waals surface area contributed by atoms with Crippen LogP contribution in [0.1, 0.15) is 20.7 Å². The van der Waals surface area contributed by atoms with Gasteiger partial charge in [-0.3, -0.25) is 15.2 Å². The first-order valence-corrected chi connectivity index (χ1v) is 12.5. The summed E-state index contributed by atoms with van der Waals surface area (Å²) in [4.78, 5) is 28.9. The van der Waals surface area contributed by atoms with Crippen LogP contribution in [0, 0.1) is 0 Å². The monoisotopic (exact) mass is 511 g/mol. The van der Waals surface area contributed by atoms with Crippen LogP contribution in [0.3, 0.4) is 0 Å². The Labute approximate surface area is 216 Å². The summed E-state index contributed by atoms with van der Waals surface area (Å²) in [6.45, 7) is 8.39. The zero-order valence-electron chi connectivity index (χ0n) is 20.8. The lowest BCUT2D eigenvalue weighted by Crippen LogP contribution is -2.38. The maximum atomic E-state index is 12.2. The molecule has 0 bridgehead atoms. The summed E-state index contributed by atoms with van der Waals surface area (Å²) >= 11 is 0. The first kappa shape index (κ1) is 26.7. The molecule has 0 aliphatic carbocycles. The predicted octanol–water partition coefficient (Wildman–Crippen LogP) is 2.78. The van der Waals surface area contributed by atoms with Gasteiger partial charge >= 0.3 is 11.9 Å². The fourth-order valence-corrected chi connectivity index (χ4v) is 3.84. The molecule has 37 heavy (non-hydrogen) atoms. The largest absolute Gasteiger partial charge is 0.461 e. The Bertz CT molecular complexity index is 1020. The van der Waals surface area contributed by atoms with Gasteiger partial charge in [0.25, 0.3) is 0 Å². The van der Waals surface area contributed by atoms with Crippen LogP contribution in [0.15, 0.2) is 58.9 Å². The van der Waals surface area contributed by atoms with Gasteiger partial charge < -0.3 is 18.9 Å². The molecule has 11 nitrogen and oxygen atoms in total. The summed E-state index contributed by atoms with van der Waals surface area (Å²) in [5.74, 6) is -0.726. The second kappa shape index (κ2) is 14.4. The van der Waals surface area contributed by atoms with Crippen LogP contribution in [-0.4, -0.2) is 101 Å². The first-order chi connectivity index (χ1) is 18.2. The second-order valence-electron chi connectivity index (χ2n) is 8.62. The van der Waals surface area contributed by atoms with Crippen molar-refractivity contribution in [1.82, 2.24) is 9.80 Å². The molecule has 198 valence electrons. The van der Waals surface area contributed by atoms with E-state index in [-0.39, 0.29) is 11.9 Å². The third-order valence-corrected chi connectivity index (χ3v) is 6.06. The molecule has 0 aromatic heterocycles. The van der Waals surface area contributed by atoms with Crippen molar-refractivity contribution in [3.8, 4) is 0 Å². The van der Waals surface area contributed by atoms with E-state index >= 15 is 0 Å². The van der Waals surface area contributed by atoms with E-state index in [0.717, 1.165) is 52.6 Å². The number of nitrogens with one attached hydrogen (secondary N) is 1. The maximum Gasteiger partial charge on any atom is 0.338 e. The summed E-state index contributed by atoms with van der Waals surface area (Å²) in [6, 6.07) is 13.5. The normalized spacial score (nSPS) is 17.0. The highest BCUT2D eigenvalue weighted by Gasteiger charge is 2.13. The van der Waals surface area contributed by atoms with Gasteiger partial charge in [0.05, 0.1) is 48.9 Å². The molecule has 0 atom stereocenters. The standard InChI is InChI=1S/C26H33N5O6/c32-25(36-19-13-30-9-15-34-16-10-30)21-1-5-23(6-2-21)27-29-28-24-7-3-22(4-8-24)26(33)37-20-14-31-11-17-35-18-12-31/h1-8H,9-20H2,(H,27,28). The summed E-state index contributed by atoms with van der Waals surface area (Å²) in [5.41, 5.74) is 5.01. The Balaban J connectivity index is 1.15. The van der Waals surface area contributed by atoms with Crippen LogP contribution in [0.5, 0.6) is 0 Å². The van der Waals surface area contributed by atoms with E-state index in [2.05, 4.69) is 25.6 Å². The van der Waals surface area contributed by atoms with E-state index in [0.29, 0.717) is 48.8 Å². The van der Waals surface area contributed by atoms with E-state index < -0.39 is 0 Å². The first-order valence-electron chi connectivity index (χ1n) is 12.5. The highest BCUT2D eigenvalue weighted by Crippen LogP contribution is 2.16. The molecule has 0 amide bonds. The summed E-state index contributed by atoms with van der Waals surface area (Å²) < 4.78 is 21.3. The Morgan fingerprint density at radius 3 is 1.68 bits per heavy atom. The van der Waals surface area contributed by atoms with Gasteiger partial charge in [-0.25, -0.2) is 9.59 Å². The number of carbonyl (C=O) groups is 2. The lowest BCUT2D eigenvalue weighted by molar-refractivity contribution is 0.0190. The highest BCUT2D eigenvalue weighted by atomic mass is 16.5. The van der Waals surface area contributed by atoms with Crippen LogP contribution >= 0.6 is 0 Å². The molecule has 0 unspecified atom stereocenters. The number of hydrogen-bond acceptors (Lipinski definition) is 10. The molecular weight excluding hydrogens is 478 g/mol. The molecule has 2 heterocycles. The van der Waals surface area contributed by atoms with Gasteiger partial charge in [0.1, 0.15) is 13.2 Å². The minimum Gasteiger partial charge on any atom is -0.461 e. The zero-order chi connectivity index (χ0) is 25.7. The average molecular weight is 512 g/mol. The van der Waals surface area contributed by atoms with E-state index in [1.807, 2.05) is 0 Å². The fraction of sp³-hybridized carbons (Fsp3) is 0.462. The van der Waals surface area contributed by atoms with Gasteiger partial charge in [-0.15, -0.1) is 5.11 Å². The number of anilines is 1. The minimum atomic E-state index is -0.366. The average Bonchev–Trinajstić information content (AvgIpc) is 2.95. The van der Waals surface area contributed by atoms with Crippen LogP contribution in [0.2, 0.25) is 0 Å². The number of hydrogen-bond donors (Lipinski definition) is 1. The van der Waals surface area contributed by atoms with Crippen molar-refractivity contribution in [2.45, 2.75) is 0 Å². The molecule has 2 aromatic rings. The summed E-state index contributed by atoms with van der Waals surface area (Å²) in [7, 11) is 0. The van der Waals surface area contributed by atoms with E-state index in [4.69, 9.17) is 18.9 Å². The molecular formula is C26H33N5O6. The molecule has 2 saturated heterocycles. The second-order valence-corrected chi connectivity index (χ2v) is 8.62. The molecule has 2 aliphatic heterocycles. The number of nitrogens with zero attached hydrogens (tertiary/aromatic N) is 4. The van der Waals surface area contributed by atoms with Gasteiger partial charge in [0.15, 0.2) is 0 Å². The number of ether oxygens (including phenoxy) is 4. The molecule has 2 aromatic carbocycles. The van der Waals surface area contributed by atoms with Crippen molar-refractivity contribution in [2.24, 2.45) is 10.3 Å². The Kier molecular flexibility index (Phi) is 10.4. The molecule has 11 heteroatoms.